The molecule has 0 atom stereocenters. The van der Waals surface area contributed by atoms with Crippen LogP contribution in [0.1, 0.15) is 34.6 Å². The molecule has 2 nitrogen and oxygen atoms in total. The summed E-state index contributed by atoms with van der Waals surface area (Å²) in [5.74, 6) is 0.243. The molecule has 0 aromatic heterocycles. The van der Waals surface area contributed by atoms with Gasteiger partial charge in [0.15, 0.2) is 0 Å². The standard InChI is InChI=1S/C6H12O.C2H6O/c1-5(7)6(2,3)4;1-2-3/h1-4H3;3H,2H2,1H3. The van der Waals surface area contributed by atoms with E-state index < -0.39 is 0 Å². The van der Waals surface area contributed by atoms with E-state index in [4.69, 9.17) is 5.11 Å². The third-order valence-corrected chi connectivity index (χ3v) is 1.06. The molecule has 0 aliphatic rings. The Labute approximate surface area is 63.3 Å². The third kappa shape index (κ3) is 10.6. The van der Waals surface area contributed by atoms with Crippen LogP contribution in [0.25, 0.3) is 0 Å². The largest absolute Gasteiger partial charge is 0.397 e. The highest BCUT2D eigenvalue weighted by Gasteiger charge is 2.14. The number of rotatable bonds is 0. The molecule has 0 saturated carbocycles. The number of carbonyl (C=O) groups excluding carboxylic acids is 1. The zero-order valence-electron chi connectivity index (χ0n) is 7.56. The molecule has 62 valence electrons. The number of carbonyl (C=O) groups is 1. The highest BCUT2D eigenvalue weighted by atomic mass is 16.2. The number of hydrogen-bond donors (Lipinski definition) is 1. The monoisotopic (exact) mass is 146 g/mol. The smallest absolute Gasteiger partial charge is 0.135 e. The molecule has 0 bridgehead atoms. The van der Waals surface area contributed by atoms with Gasteiger partial charge in [-0.05, 0) is 13.8 Å². The first-order valence-electron chi connectivity index (χ1n) is 3.48. The summed E-state index contributed by atoms with van der Waals surface area (Å²) in [7, 11) is 0. The fourth-order valence-corrected chi connectivity index (χ4v) is 0. The second-order valence-corrected chi connectivity index (χ2v) is 3.12. The topological polar surface area (TPSA) is 37.3 Å². The quantitative estimate of drug-likeness (QED) is 0.564. The van der Waals surface area contributed by atoms with Crippen molar-refractivity contribution >= 4 is 5.78 Å². The minimum absolute atomic E-state index is 0.139. The lowest BCUT2D eigenvalue weighted by molar-refractivity contribution is -0.124. The number of aliphatic hydroxyl groups excluding tert-OH is 1. The van der Waals surface area contributed by atoms with Gasteiger partial charge in [0.05, 0.1) is 0 Å². The predicted octanol–water partition coefficient (Wildman–Crippen LogP) is 1.62. The van der Waals surface area contributed by atoms with Gasteiger partial charge in [-0.15, -0.1) is 0 Å². The molecular formula is C8H18O2. The van der Waals surface area contributed by atoms with Crippen molar-refractivity contribution < 1.29 is 9.90 Å². The first kappa shape index (κ1) is 12.3. The molecule has 0 aliphatic carbocycles. The molecule has 0 spiro atoms. The molecule has 0 fully saturated rings. The van der Waals surface area contributed by atoms with E-state index >= 15 is 0 Å². The van der Waals surface area contributed by atoms with Gasteiger partial charge in [0.1, 0.15) is 5.78 Å². The Kier molecular flexibility index (Phi) is 6.67. The number of hydrogen-bond acceptors (Lipinski definition) is 2. The maximum Gasteiger partial charge on any atom is 0.135 e. The second-order valence-electron chi connectivity index (χ2n) is 3.12. The summed E-state index contributed by atoms with van der Waals surface area (Å²) in [5, 5.41) is 7.57. The summed E-state index contributed by atoms with van der Waals surface area (Å²) < 4.78 is 0. The van der Waals surface area contributed by atoms with Crippen molar-refractivity contribution in [3.63, 3.8) is 0 Å². The maximum absolute atomic E-state index is 10.5. The van der Waals surface area contributed by atoms with Crippen LogP contribution in [0.2, 0.25) is 0 Å². The van der Waals surface area contributed by atoms with Crippen LogP contribution in [-0.4, -0.2) is 17.5 Å². The van der Waals surface area contributed by atoms with E-state index in [1.807, 2.05) is 20.8 Å². The van der Waals surface area contributed by atoms with Crippen LogP contribution in [0, 0.1) is 5.41 Å². The van der Waals surface area contributed by atoms with Crippen LogP contribution in [0.4, 0.5) is 0 Å². The van der Waals surface area contributed by atoms with Crippen molar-refractivity contribution in [3.05, 3.63) is 0 Å². The lowest BCUT2D eigenvalue weighted by atomic mass is 9.92. The lowest BCUT2D eigenvalue weighted by Gasteiger charge is -2.11. The van der Waals surface area contributed by atoms with Gasteiger partial charge in [0.2, 0.25) is 0 Å². The van der Waals surface area contributed by atoms with Crippen LogP contribution in [-0.2, 0) is 4.79 Å². The minimum Gasteiger partial charge on any atom is -0.397 e. The summed E-state index contributed by atoms with van der Waals surface area (Å²) in [6, 6.07) is 0. The highest BCUT2D eigenvalue weighted by molar-refractivity contribution is 5.80. The minimum atomic E-state index is -0.139. The highest BCUT2D eigenvalue weighted by Crippen LogP contribution is 2.12. The average Bonchev–Trinajstić information content (AvgIpc) is 1.64. The lowest BCUT2D eigenvalue weighted by Crippen LogP contribution is -2.15. The van der Waals surface area contributed by atoms with E-state index in [0.29, 0.717) is 0 Å². The molecule has 0 aromatic rings. The van der Waals surface area contributed by atoms with Crippen LogP contribution in [0.3, 0.4) is 0 Å². The summed E-state index contributed by atoms with van der Waals surface area (Å²) in [6.45, 7) is 9.28. The van der Waals surface area contributed by atoms with Gasteiger partial charge in [-0.1, -0.05) is 20.8 Å². The number of ketones is 1. The van der Waals surface area contributed by atoms with Crippen molar-refractivity contribution in [1.82, 2.24) is 0 Å². The first-order chi connectivity index (χ1) is 4.36. The molecule has 0 aromatic carbocycles. The van der Waals surface area contributed by atoms with Gasteiger partial charge >= 0.3 is 0 Å². The van der Waals surface area contributed by atoms with Crippen LogP contribution in [0.5, 0.6) is 0 Å². The third-order valence-electron chi connectivity index (χ3n) is 1.06. The van der Waals surface area contributed by atoms with E-state index in [1.165, 1.54) is 0 Å². The first-order valence-corrected chi connectivity index (χ1v) is 3.48. The normalized spacial score (nSPS) is 9.80. The van der Waals surface area contributed by atoms with E-state index in [9.17, 15) is 4.79 Å². The summed E-state index contributed by atoms with van der Waals surface area (Å²) in [5.41, 5.74) is -0.139. The molecule has 0 saturated heterocycles. The summed E-state index contributed by atoms with van der Waals surface area (Å²) in [6.07, 6.45) is 0. The van der Waals surface area contributed by atoms with Crippen molar-refractivity contribution in [3.8, 4) is 0 Å². The molecular weight excluding hydrogens is 128 g/mol. The predicted molar refractivity (Wildman–Crippen MR) is 42.9 cm³/mol. The van der Waals surface area contributed by atoms with Gasteiger partial charge in [0.25, 0.3) is 0 Å². The van der Waals surface area contributed by atoms with E-state index in [0.717, 1.165) is 0 Å². The molecule has 0 heterocycles. The molecule has 0 unspecified atom stereocenters. The van der Waals surface area contributed by atoms with Crippen molar-refractivity contribution in [1.29, 1.82) is 0 Å². The van der Waals surface area contributed by atoms with Crippen molar-refractivity contribution in [2.24, 2.45) is 5.41 Å². The van der Waals surface area contributed by atoms with Gasteiger partial charge in [-0.2, -0.15) is 0 Å². The number of Topliss-reactive ketones (excluding diaryl/α,β-unsaturated/α-hetero) is 1. The Hall–Kier alpha value is -0.370. The zero-order chi connectivity index (χ0) is 8.78. The Balaban J connectivity index is 0. The summed E-state index contributed by atoms with van der Waals surface area (Å²) in [4.78, 5) is 10.5. The van der Waals surface area contributed by atoms with Crippen LogP contribution < -0.4 is 0 Å². The van der Waals surface area contributed by atoms with Crippen LogP contribution in [0.15, 0.2) is 0 Å². The second kappa shape index (κ2) is 5.42. The molecule has 0 amide bonds. The van der Waals surface area contributed by atoms with Gasteiger partial charge in [-0.3, -0.25) is 4.79 Å². The Morgan fingerprint density at radius 3 is 1.50 bits per heavy atom. The molecule has 1 N–H and O–H groups in total. The fourth-order valence-electron chi connectivity index (χ4n) is 0. The van der Waals surface area contributed by atoms with E-state index in [1.54, 1.807) is 13.8 Å². The van der Waals surface area contributed by atoms with Gasteiger partial charge in [0, 0.05) is 12.0 Å². The SMILES string of the molecule is CC(=O)C(C)(C)C.CCO. The van der Waals surface area contributed by atoms with Crippen molar-refractivity contribution in [2.45, 2.75) is 34.6 Å². The van der Waals surface area contributed by atoms with Gasteiger partial charge in [-0.25, -0.2) is 0 Å². The van der Waals surface area contributed by atoms with E-state index in [2.05, 4.69) is 0 Å². The van der Waals surface area contributed by atoms with E-state index in [-0.39, 0.29) is 17.8 Å². The molecule has 0 aliphatic heterocycles. The Morgan fingerprint density at radius 2 is 1.50 bits per heavy atom. The Bertz CT molecular complexity index is 89.9. The molecule has 0 rings (SSSR count). The summed E-state index contributed by atoms with van der Waals surface area (Å²) >= 11 is 0. The zero-order valence-corrected chi connectivity index (χ0v) is 7.56. The number of aliphatic hydroxyl groups is 1. The average molecular weight is 146 g/mol. The van der Waals surface area contributed by atoms with Crippen LogP contribution >= 0.6 is 0 Å². The fraction of sp³-hybridized carbons (Fsp3) is 0.875. The molecule has 10 heavy (non-hydrogen) atoms. The van der Waals surface area contributed by atoms with Crippen molar-refractivity contribution in [2.75, 3.05) is 6.61 Å². The Morgan fingerprint density at radius 1 is 1.40 bits per heavy atom. The van der Waals surface area contributed by atoms with Gasteiger partial charge < -0.3 is 5.11 Å². The molecule has 2 heteroatoms. The maximum atomic E-state index is 10.5. The molecule has 0 radical (unpaired) electrons.